The summed E-state index contributed by atoms with van der Waals surface area (Å²) >= 11 is 1.91. The van der Waals surface area contributed by atoms with E-state index >= 15 is 0 Å². The van der Waals surface area contributed by atoms with Crippen LogP contribution in [0.25, 0.3) is 11.0 Å². The SMILES string of the molecule is CCCSCCCN1C(=O)c2nc3ccccc3n2C[C@]1(C)C(=O)N[C@H]1CCCC[C@@H]1C. The van der Waals surface area contributed by atoms with Gasteiger partial charge in [-0.15, -0.1) is 0 Å². The van der Waals surface area contributed by atoms with Crippen molar-refractivity contribution >= 4 is 34.6 Å². The number of para-hydroxylation sites is 2. The van der Waals surface area contributed by atoms with Crippen LogP contribution >= 0.6 is 11.8 Å². The van der Waals surface area contributed by atoms with Crippen LogP contribution in [0.5, 0.6) is 0 Å². The average Bonchev–Trinajstić information content (AvgIpc) is 3.15. The Morgan fingerprint density at radius 2 is 2.03 bits per heavy atom. The molecule has 1 N–H and O–H groups in total. The molecular formula is C25H36N4O2S. The summed E-state index contributed by atoms with van der Waals surface area (Å²) in [6, 6.07) is 8.00. The predicted molar refractivity (Wildman–Crippen MR) is 131 cm³/mol. The van der Waals surface area contributed by atoms with Gasteiger partial charge in [0.25, 0.3) is 5.91 Å². The van der Waals surface area contributed by atoms with Crippen molar-refractivity contribution in [3.05, 3.63) is 30.1 Å². The van der Waals surface area contributed by atoms with E-state index in [1.165, 1.54) is 6.42 Å². The summed E-state index contributed by atoms with van der Waals surface area (Å²) in [6.45, 7) is 7.35. The van der Waals surface area contributed by atoms with E-state index in [9.17, 15) is 9.59 Å². The molecule has 6 nitrogen and oxygen atoms in total. The topological polar surface area (TPSA) is 67.2 Å². The highest BCUT2D eigenvalue weighted by Crippen LogP contribution is 2.32. The summed E-state index contributed by atoms with van der Waals surface area (Å²) in [5.41, 5.74) is 0.791. The lowest BCUT2D eigenvalue weighted by molar-refractivity contribution is -0.134. The van der Waals surface area contributed by atoms with Crippen molar-refractivity contribution in [2.24, 2.45) is 5.92 Å². The van der Waals surface area contributed by atoms with Crippen molar-refractivity contribution in [1.82, 2.24) is 19.8 Å². The Morgan fingerprint density at radius 1 is 1.25 bits per heavy atom. The first-order chi connectivity index (χ1) is 15.5. The Balaban J connectivity index is 1.62. The number of nitrogens with zero attached hydrogens (tertiary/aromatic N) is 3. The monoisotopic (exact) mass is 456 g/mol. The summed E-state index contributed by atoms with van der Waals surface area (Å²) < 4.78 is 1.95. The number of carbonyl (C=O) groups is 2. The number of amides is 2. The minimum Gasteiger partial charge on any atom is -0.351 e. The lowest BCUT2D eigenvalue weighted by Gasteiger charge is -2.44. The first-order valence-corrected chi connectivity index (χ1v) is 13.3. The number of thioether (sulfide) groups is 1. The van der Waals surface area contributed by atoms with Gasteiger partial charge in [0.05, 0.1) is 17.6 Å². The van der Waals surface area contributed by atoms with Crippen LogP contribution in [0.15, 0.2) is 24.3 Å². The normalized spacial score (nSPS) is 25.7. The van der Waals surface area contributed by atoms with E-state index in [0.717, 1.165) is 54.6 Å². The molecule has 1 saturated carbocycles. The van der Waals surface area contributed by atoms with Gasteiger partial charge < -0.3 is 14.8 Å². The van der Waals surface area contributed by atoms with Crippen molar-refractivity contribution in [2.45, 2.75) is 77.4 Å². The van der Waals surface area contributed by atoms with Crippen LogP contribution in [0.1, 0.15) is 69.9 Å². The van der Waals surface area contributed by atoms with Gasteiger partial charge in [-0.3, -0.25) is 9.59 Å². The molecule has 1 aliphatic carbocycles. The molecule has 1 aromatic heterocycles. The quantitative estimate of drug-likeness (QED) is 0.595. The van der Waals surface area contributed by atoms with E-state index in [0.29, 0.717) is 24.8 Å². The largest absolute Gasteiger partial charge is 0.351 e. The molecule has 2 heterocycles. The lowest BCUT2D eigenvalue weighted by atomic mass is 9.85. The van der Waals surface area contributed by atoms with Crippen LogP contribution < -0.4 is 5.32 Å². The minimum atomic E-state index is -0.930. The molecule has 0 saturated heterocycles. The maximum atomic E-state index is 13.7. The van der Waals surface area contributed by atoms with Crippen molar-refractivity contribution < 1.29 is 9.59 Å². The van der Waals surface area contributed by atoms with Crippen molar-refractivity contribution in [3.63, 3.8) is 0 Å². The van der Waals surface area contributed by atoms with Gasteiger partial charge in [-0.25, -0.2) is 4.98 Å². The molecule has 0 unspecified atom stereocenters. The standard InChI is InChI=1S/C25H36N4O2S/c1-4-15-32-16-9-14-29-23(30)22-26-20-12-7-8-13-21(20)28(22)17-25(29,3)24(31)27-19-11-6-5-10-18(19)2/h7-8,12-13,18-19H,4-6,9-11,14-17H2,1-3H3,(H,27,31)/t18-,19-,25+/m0/s1. The van der Waals surface area contributed by atoms with Gasteiger partial charge in [0, 0.05) is 12.6 Å². The van der Waals surface area contributed by atoms with Crippen LogP contribution in [0.2, 0.25) is 0 Å². The van der Waals surface area contributed by atoms with E-state index in [4.69, 9.17) is 0 Å². The van der Waals surface area contributed by atoms with E-state index in [-0.39, 0.29) is 17.9 Å². The number of fused-ring (bicyclic) bond motifs is 3. The van der Waals surface area contributed by atoms with Crippen LogP contribution in [-0.4, -0.2) is 55.9 Å². The number of hydrogen-bond acceptors (Lipinski definition) is 4. The number of imidazole rings is 1. The Labute approximate surface area is 195 Å². The predicted octanol–water partition coefficient (Wildman–Crippen LogP) is 4.48. The molecule has 0 bridgehead atoms. The minimum absolute atomic E-state index is 0.0331. The van der Waals surface area contributed by atoms with E-state index in [1.54, 1.807) is 4.90 Å². The number of rotatable bonds is 8. The molecule has 0 radical (unpaired) electrons. The molecule has 1 aromatic carbocycles. The zero-order valence-corrected chi connectivity index (χ0v) is 20.4. The third kappa shape index (κ3) is 4.41. The number of nitrogens with one attached hydrogen (secondary N) is 1. The summed E-state index contributed by atoms with van der Waals surface area (Å²) in [7, 11) is 0. The molecule has 2 amide bonds. The second-order valence-electron chi connectivity index (χ2n) is 9.55. The Hall–Kier alpha value is -2.02. The summed E-state index contributed by atoms with van der Waals surface area (Å²) in [5.74, 6) is 2.87. The Bertz CT molecular complexity index is 974. The first kappa shape index (κ1) is 23.1. The van der Waals surface area contributed by atoms with E-state index in [1.807, 2.05) is 47.5 Å². The molecule has 1 aliphatic heterocycles. The van der Waals surface area contributed by atoms with Gasteiger partial charge in [0.15, 0.2) is 5.82 Å². The second-order valence-corrected chi connectivity index (χ2v) is 10.8. The summed E-state index contributed by atoms with van der Waals surface area (Å²) in [4.78, 5) is 33.8. The van der Waals surface area contributed by atoms with Crippen LogP contribution in [0.4, 0.5) is 0 Å². The second kappa shape index (κ2) is 9.86. The molecule has 32 heavy (non-hydrogen) atoms. The third-order valence-electron chi connectivity index (χ3n) is 7.09. The number of carbonyl (C=O) groups excluding carboxylic acids is 2. The van der Waals surface area contributed by atoms with E-state index in [2.05, 4.69) is 24.1 Å². The molecule has 7 heteroatoms. The highest BCUT2D eigenvalue weighted by atomic mass is 32.2. The van der Waals surface area contributed by atoms with Gasteiger partial charge in [-0.05, 0) is 62.2 Å². The molecule has 2 aromatic rings. The zero-order valence-electron chi connectivity index (χ0n) is 19.6. The lowest BCUT2D eigenvalue weighted by Crippen LogP contribution is -2.65. The number of aromatic nitrogens is 2. The first-order valence-electron chi connectivity index (χ1n) is 12.1. The molecular weight excluding hydrogens is 420 g/mol. The van der Waals surface area contributed by atoms with Gasteiger partial charge in [0.1, 0.15) is 5.54 Å². The van der Waals surface area contributed by atoms with Gasteiger partial charge in [-0.1, -0.05) is 38.8 Å². The maximum absolute atomic E-state index is 13.7. The zero-order chi connectivity index (χ0) is 22.7. The molecule has 174 valence electrons. The fraction of sp³-hybridized carbons (Fsp3) is 0.640. The van der Waals surface area contributed by atoms with Gasteiger partial charge >= 0.3 is 0 Å². The van der Waals surface area contributed by atoms with Crippen molar-refractivity contribution in [1.29, 1.82) is 0 Å². The Kier molecular flexibility index (Phi) is 7.13. The number of hydrogen-bond donors (Lipinski definition) is 1. The smallest absolute Gasteiger partial charge is 0.290 e. The fourth-order valence-electron chi connectivity index (χ4n) is 5.11. The molecule has 4 rings (SSSR count). The van der Waals surface area contributed by atoms with Crippen molar-refractivity contribution in [2.75, 3.05) is 18.1 Å². The average molecular weight is 457 g/mol. The van der Waals surface area contributed by atoms with E-state index < -0.39 is 5.54 Å². The molecule has 2 aliphatic rings. The van der Waals surface area contributed by atoms with Crippen LogP contribution in [-0.2, 0) is 11.3 Å². The summed E-state index contributed by atoms with van der Waals surface area (Å²) in [6.07, 6.45) is 6.57. The summed E-state index contributed by atoms with van der Waals surface area (Å²) in [5, 5.41) is 3.34. The highest BCUT2D eigenvalue weighted by molar-refractivity contribution is 7.99. The highest BCUT2D eigenvalue weighted by Gasteiger charge is 2.48. The van der Waals surface area contributed by atoms with Crippen molar-refractivity contribution in [3.8, 4) is 0 Å². The third-order valence-corrected chi connectivity index (χ3v) is 8.36. The van der Waals surface area contributed by atoms with Crippen LogP contribution in [0.3, 0.4) is 0 Å². The number of benzene rings is 1. The maximum Gasteiger partial charge on any atom is 0.290 e. The Morgan fingerprint density at radius 3 is 2.81 bits per heavy atom. The molecule has 0 spiro atoms. The van der Waals surface area contributed by atoms with Gasteiger partial charge in [-0.2, -0.15) is 11.8 Å². The van der Waals surface area contributed by atoms with Gasteiger partial charge in [0.2, 0.25) is 5.91 Å². The molecule has 1 fully saturated rings. The molecule has 3 atom stereocenters. The van der Waals surface area contributed by atoms with Crippen LogP contribution in [0, 0.1) is 5.92 Å². The fourth-order valence-corrected chi connectivity index (χ4v) is 5.93.